The van der Waals surface area contributed by atoms with Gasteiger partial charge in [0.25, 0.3) is 0 Å². The van der Waals surface area contributed by atoms with Crippen molar-refractivity contribution in [2.24, 2.45) is 5.73 Å². The van der Waals surface area contributed by atoms with Gasteiger partial charge >= 0.3 is 0 Å². The standard InChI is InChI=1S/C16H27NO2/c1-6-16(4,19-7-2)15(17)11-13-10-12(3)8-9-14(13)18-5/h8-10,15H,6-7,11,17H2,1-5H3. The van der Waals surface area contributed by atoms with Crippen LogP contribution in [0.15, 0.2) is 18.2 Å². The summed E-state index contributed by atoms with van der Waals surface area (Å²) in [5, 5.41) is 0. The average molecular weight is 265 g/mol. The van der Waals surface area contributed by atoms with Crippen LogP contribution >= 0.6 is 0 Å². The lowest BCUT2D eigenvalue weighted by atomic mass is 9.88. The van der Waals surface area contributed by atoms with Gasteiger partial charge in [-0.15, -0.1) is 0 Å². The van der Waals surface area contributed by atoms with Crippen LogP contribution < -0.4 is 10.5 Å². The normalized spacial score (nSPS) is 15.9. The number of ether oxygens (including phenoxy) is 2. The molecule has 0 bridgehead atoms. The molecule has 2 atom stereocenters. The topological polar surface area (TPSA) is 44.5 Å². The maximum Gasteiger partial charge on any atom is 0.122 e. The summed E-state index contributed by atoms with van der Waals surface area (Å²) in [7, 11) is 1.70. The Bertz CT molecular complexity index is 406. The maximum atomic E-state index is 6.37. The van der Waals surface area contributed by atoms with Gasteiger partial charge in [-0.25, -0.2) is 0 Å². The zero-order valence-corrected chi connectivity index (χ0v) is 12.8. The van der Waals surface area contributed by atoms with E-state index in [1.54, 1.807) is 7.11 Å². The first-order valence-corrected chi connectivity index (χ1v) is 6.99. The van der Waals surface area contributed by atoms with E-state index in [1.807, 2.05) is 13.0 Å². The molecule has 3 heteroatoms. The Morgan fingerprint density at radius 3 is 2.53 bits per heavy atom. The van der Waals surface area contributed by atoms with E-state index >= 15 is 0 Å². The van der Waals surface area contributed by atoms with E-state index in [0.29, 0.717) is 6.61 Å². The van der Waals surface area contributed by atoms with E-state index in [0.717, 1.165) is 24.2 Å². The van der Waals surface area contributed by atoms with Gasteiger partial charge in [-0.3, -0.25) is 0 Å². The van der Waals surface area contributed by atoms with Crippen molar-refractivity contribution in [3.8, 4) is 5.75 Å². The minimum atomic E-state index is -0.288. The number of aryl methyl sites for hydroxylation is 1. The molecule has 0 amide bonds. The molecule has 0 radical (unpaired) electrons. The fourth-order valence-electron chi connectivity index (χ4n) is 2.32. The van der Waals surface area contributed by atoms with E-state index < -0.39 is 0 Å². The lowest BCUT2D eigenvalue weighted by molar-refractivity contribution is -0.0462. The van der Waals surface area contributed by atoms with Gasteiger partial charge in [0, 0.05) is 12.6 Å². The molecular weight excluding hydrogens is 238 g/mol. The number of methoxy groups -OCH3 is 1. The van der Waals surface area contributed by atoms with Crippen LogP contribution in [-0.4, -0.2) is 25.4 Å². The Labute approximate surface area is 117 Å². The predicted octanol–water partition coefficient (Wildman–Crippen LogP) is 3.08. The highest BCUT2D eigenvalue weighted by Crippen LogP contribution is 2.26. The SMILES string of the molecule is CCOC(C)(CC)C(N)Cc1cc(C)ccc1OC. The summed E-state index contributed by atoms with van der Waals surface area (Å²) in [5.74, 6) is 0.899. The van der Waals surface area contributed by atoms with Crippen LogP contribution in [0.2, 0.25) is 0 Å². The lowest BCUT2D eigenvalue weighted by Crippen LogP contribution is -2.48. The highest BCUT2D eigenvalue weighted by Gasteiger charge is 2.31. The number of benzene rings is 1. The molecule has 0 aromatic heterocycles. The van der Waals surface area contributed by atoms with E-state index in [9.17, 15) is 0 Å². The summed E-state index contributed by atoms with van der Waals surface area (Å²) in [4.78, 5) is 0. The van der Waals surface area contributed by atoms with E-state index in [2.05, 4.69) is 32.9 Å². The average Bonchev–Trinajstić information content (AvgIpc) is 2.39. The Balaban J connectivity index is 2.91. The number of hydrogen-bond donors (Lipinski definition) is 1. The third kappa shape index (κ3) is 3.95. The minimum absolute atomic E-state index is 0.0480. The predicted molar refractivity (Wildman–Crippen MR) is 79.7 cm³/mol. The number of nitrogens with two attached hydrogens (primary N) is 1. The summed E-state index contributed by atoms with van der Waals surface area (Å²) in [5.41, 5.74) is 8.45. The van der Waals surface area contributed by atoms with Gasteiger partial charge in [-0.2, -0.15) is 0 Å². The molecule has 0 spiro atoms. The first kappa shape index (κ1) is 16.0. The van der Waals surface area contributed by atoms with E-state index in [1.165, 1.54) is 5.56 Å². The van der Waals surface area contributed by atoms with Crippen LogP contribution in [0, 0.1) is 6.92 Å². The van der Waals surface area contributed by atoms with Crippen LogP contribution in [0.25, 0.3) is 0 Å². The zero-order valence-electron chi connectivity index (χ0n) is 12.8. The van der Waals surface area contributed by atoms with Crippen molar-refractivity contribution in [3.63, 3.8) is 0 Å². The van der Waals surface area contributed by atoms with Crippen molar-refractivity contribution in [1.29, 1.82) is 0 Å². The van der Waals surface area contributed by atoms with Crippen molar-refractivity contribution in [1.82, 2.24) is 0 Å². The third-order valence-electron chi connectivity index (χ3n) is 3.84. The Hall–Kier alpha value is -1.06. The van der Waals surface area contributed by atoms with Gasteiger partial charge in [-0.1, -0.05) is 24.6 Å². The van der Waals surface area contributed by atoms with Gasteiger partial charge in [0.15, 0.2) is 0 Å². The molecule has 0 fully saturated rings. The quantitative estimate of drug-likeness (QED) is 0.824. The van der Waals surface area contributed by atoms with Crippen molar-refractivity contribution < 1.29 is 9.47 Å². The van der Waals surface area contributed by atoms with Crippen LogP contribution in [0.4, 0.5) is 0 Å². The molecule has 3 nitrogen and oxygen atoms in total. The Morgan fingerprint density at radius 2 is 2.00 bits per heavy atom. The summed E-state index contributed by atoms with van der Waals surface area (Å²) in [6.07, 6.45) is 1.66. The van der Waals surface area contributed by atoms with Crippen LogP contribution in [0.3, 0.4) is 0 Å². The molecule has 19 heavy (non-hydrogen) atoms. The highest BCUT2D eigenvalue weighted by atomic mass is 16.5. The third-order valence-corrected chi connectivity index (χ3v) is 3.84. The smallest absolute Gasteiger partial charge is 0.122 e. The summed E-state index contributed by atoms with van der Waals surface area (Å²) in [6, 6.07) is 6.14. The first-order chi connectivity index (χ1) is 8.96. The molecule has 0 heterocycles. The molecule has 108 valence electrons. The van der Waals surface area contributed by atoms with Crippen LogP contribution in [0.5, 0.6) is 5.75 Å². The van der Waals surface area contributed by atoms with Crippen LogP contribution in [0.1, 0.15) is 38.3 Å². The first-order valence-electron chi connectivity index (χ1n) is 6.99. The van der Waals surface area contributed by atoms with Gasteiger partial charge in [0.1, 0.15) is 5.75 Å². The van der Waals surface area contributed by atoms with Gasteiger partial charge in [-0.05, 0) is 45.2 Å². The van der Waals surface area contributed by atoms with Crippen molar-refractivity contribution >= 4 is 0 Å². The molecular formula is C16H27NO2. The number of rotatable bonds is 7. The fraction of sp³-hybridized carbons (Fsp3) is 0.625. The number of hydrogen-bond acceptors (Lipinski definition) is 3. The summed E-state index contributed by atoms with van der Waals surface area (Å²) in [6.45, 7) is 8.97. The van der Waals surface area contributed by atoms with Gasteiger partial charge in [0.05, 0.1) is 12.7 Å². The summed E-state index contributed by atoms with van der Waals surface area (Å²) < 4.78 is 11.3. The largest absolute Gasteiger partial charge is 0.496 e. The molecule has 2 N–H and O–H groups in total. The molecule has 1 aromatic carbocycles. The monoisotopic (exact) mass is 265 g/mol. The molecule has 1 aromatic rings. The maximum absolute atomic E-state index is 6.37. The molecule has 0 aliphatic rings. The molecule has 0 saturated carbocycles. The lowest BCUT2D eigenvalue weighted by Gasteiger charge is -2.34. The molecule has 2 unspecified atom stereocenters. The minimum Gasteiger partial charge on any atom is -0.496 e. The molecule has 0 saturated heterocycles. The second kappa shape index (κ2) is 6.92. The Kier molecular flexibility index (Phi) is 5.83. The van der Waals surface area contributed by atoms with Crippen molar-refractivity contribution in [2.45, 2.75) is 52.2 Å². The fourth-order valence-corrected chi connectivity index (χ4v) is 2.32. The van der Waals surface area contributed by atoms with E-state index in [4.69, 9.17) is 15.2 Å². The van der Waals surface area contributed by atoms with Gasteiger partial charge in [0.2, 0.25) is 0 Å². The molecule has 0 aliphatic carbocycles. The summed E-state index contributed by atoms with van der Waals surface area (Å²) >= 11 is 0. The van der Waals surface area contributed by atoms with E-state index in [-0.39, 0.29) is 11.6 Å². The second-order valence-corrected chi connectivity index (χ2v) is 5.23. The highest BCUT2D eigenvalue weighted by molar-refractivity contribution is 5.37. The molecule has 1 rings (SSSR count). The zero-order chi connectivity index (χ0) is 14.5. The Morgan fingerprint density at radius 1 is 1.32 bits per heavy atom. The molecule has 0 aliphatic heterocycles. The van der Waals surface area contributed by atoms with Gasteiger partial charge < -0.3 is 15.2 Å². The van der Waals surface area contributed by atoms with Crippen molar-refractivity contribution in [3.05, 3.63) is 29.3 Å². The van der Waals surface area contributed by atoms with Crippen molar-refractivity contribution in [2.75, 3.05) is 13.7 Å². The second-order valence-electron chi connectivity index (χ2n) is 5.23. The van der Waals surface area contributed by atoms with Crippen LogP contribution in [-0.2, 0) is 11.2 Å².